The quantitative estimate of drug-likeness (QED) is 0.754. The molecule has 1 unspecified atom stereocenters. The van der Waals surface area contributed by atoms with Gasteiger partial charge in [0.1, 0.15) is 0 Å². The fraction of sp³-hybridized carbons (Fsp3) is 0.846. The first-order valence-electron chi connectivity index (χ1n) is 7.11. The Morgan fingerprint density at radius 2 is 2.37 bits per heavy atom. The maximum Gasteiger partial charge on any atom is 0.0964 e. The molecule has 6 nitrogen and oxygen atoms in total. The van der Waals surface area contributed by atoms with E-state index in [0.29, 0.717) is 0 Å². The van der Waals surface area contributed by atoms with Gasteiger partial charge in [0.2, 0.25) is 0 Å². The molecule has 1 atom stereocenters. The van der Waals surface area contributed by atoms with E-state index in [9.17, 15) is 0 Å². The van der Waals surface area contributed by atoms with Crippen LogP contribution in [-0.2, 0) is 13.1 Å². The van der Waals surface area contributed by atoms with Gasteiger partial charge in [0, 0.05) is 31.9 Å². The topological polar surface area (TPSA) is 49.2 Å². The van der Waals surface area contributed by atoms with Gasteiger partial charge in [0.05, 0.1) is 12.2 Å². The lowest BCUT2D eigenvalue weighted by molar-refractivity contribution is 0.213. The molecule has 0 saturated carbocycles. The molecule has 0 spiro atoms. The second-order valence-electron chi connectivity index (χ2n) is 5.54. The van der Waals surface area contributed by atoms with E-state index in [1.807, 2.05) is 17.9 Å². The van der Waals surface area contributed by atoms with Crippen molar-refractivity contribution in [2.24, 2.45) is 0 Å². The predicted molar refractivity (Wildman–Crippen MR) is 75.9 cm³/mol. The molecule has 1 saturated heterocycles. The molecule has 6 heteroatoms. The Balaban J connectivity index is 1.71. The van der Waals surface area contributed by atoms with Gasteiger partial charge in [-0.3, -0.25) is 4.68 Å². The van der Waals surface area contributed by atoms with Crippen molar-refractivity contribution in [1.29, 1.82) is 0 Å². The Hall–Kier alpha value is -0.980. The van der Waals surface area contributed by atoms with Gasteiger partial charge in [0.15, 0.2) is 0 Å². The predicted octanol–water partition coefficient (Wildman–Crippen LogP) is 0.0235. The van der Waals surface area contributed by atoms with Gasteiger partial charge in [-0.2, -0.15) is 0 Å². The molecule has 0 aromatic carbocycles. The molecular formula is C13H26N6. The first kappa shape index (κ1) is 14.4. The van der Waals surface area contributed by atoms with Crippen molar-refractivity contribution < 1.29 is 0 Å². The second kappa shape index (κ2) is 6.98. The zero-order chi connectivity index (χ0) is 13.7. The summed E-state index contributed by atoms with van der Waals surface area (Å²) in [6, 6.07) is 0.723. The summed E-state index contributed by atoms with van der Waals surface area (Å²) in [7, 11) is 6.34. The first-order valence-corrected chi connectivity index (χ1v) is 7.11. The Kier molecular flexibility index (Phi) is 5.30. The molecule has 0 radical (unpaired) electrons. The minimum absolute atomic E-state index is 0.723. The van der Waals surface area contributed by atoms with Crippen LogP contribution in [0.25, 0.3) is 0 Å². The average Bonchev–Trinajstić information content (AvgIpc) is 2.98. The largest absolute Gasteiger partial charge is 0.314 e. The summed E-state index contributed by atoms with van der Waals surface area (Å²) in [5.41, 5.74) is 1.00. The third kappa shape index (κ3) is 4.26. The third-order valence-corrected chi connectivity index (χ3v) is 3.85. The number of likely N-dealkylation sites (N-methyl/N-ethyl adjacent to an activating group) is 2. The second-order valence-corrected chi connectivity index (χ2v) is 5.54. The van der Waals surface area contributed by atoms with Crippen molar-refractivity contribution in [1.82, 2.24) is 30.1 Å². The van der Waals surface area contributed by atoms with Crippen molar-refractivity contribution in [3.05, 3.63) is 11.9 Å². The van der Waals surface area contributed by atoms with Gasteiger partial charge in [-0.25, -0.2) is 0 Å². The van der Waals surface area contributed by atoms with E-state index in [0.717, 1.165) is 37.9 Å². The van der Waals surface area contributed by atoms with Crippen LogP contribution in [-0.4, -0.2) is 71.6 Å². The molecule has 0 aliphatic carbocycles. The highest BCUT2D eigenvalue weighted by atomic mass is 15.4. The molecule has 1 aromatic rings. The van der Waals surface area contributed by atoms with Gasteiger partial charge in [-0.05, 0) is 40.5 Å². The Labute approximate surface area is 115 Å². The van der Waals surface area contributed by atoms with Crippen molar-refractivity contribution >= 4 is 0 Å². The van der Waals surface area contributed by atoms with Gasteiger partial charge in [-0.15, -0.1) is 5.10 Å². The summed E-state index contributed by atoms with van der Waals surface area (Å²) in [6.45, 7) is 5.10. The Bertz CT molecular complexity index is 377. The van der Waals surface area contributed by atoms with E-state index < -0.39 is 0 Å². The number of hydrogen-bond donors (Lipinski definition) is 1. The fourth-order valence-electron chi connectivity index (χ4n) is 2.64. The van der Waals surface area contributed by atoms with Gasteiger partial charge in [0.25, 0.3) is 0 Å². The molecule has 108 valence electrons. The molecule has 1 aliphatic heterocycles. The summed E-state index contributed by atoms with van der Waals surface area (Å²) >= 11 is 0. The molecule has 1 aromatic heterocycles. The van der Waals surface area contributed by atoms with Crippen molar-refractivity contribution in [3.63, 3.8) is 0 Å². The monoisotopic (exact) mass is 266 g/mol. The van der Waals surface area contributed by atoms with Crippen molar-refractivity contribution in [2.45, 2.75) is 32.0 Å². The number of nitrogens with zero attached hydrogens (tertiary/aromatic N) is 5. The minimum Gasteiger partial charge on any atom is -0.314 e. The van der Waals surface area contributed by atoms with Crippen molar-refractivity contribution in [3.8, 4) is 0 Å². The van der Waals surface area contributed by atoms with E-state index in [1.54, 1.807) is 0 Å². The van der Waals surface area contributed by atoms with Crippen LogP contribution in [0.15, 0.2) is 6.20 Å². The number of rotatable bonds is 7. The van der Waals surface area contributed by atoms with E-state index in [2.05, 4.69) is 39.5 Å². The van der Waals surface area contributed by atoms with Crippen LogP contribution >= 0.6 is 0 Å². The Morgan fingerprint density at radius 3 is 3.05 bits per heavy atom. The summed E-state index contributed by atoms with van der Waals surface area (Å²) < 4.78 is 1.93. The molecule has 2 rings (SSSR count). The normalized spacial score (nSPS) is 20.5. The van der Waals surface area contributed by atoms with Crippen molar-refractivity contribution in [2.75, 3.05) is 40.8 Å². The van der Waals surface area contributed by atoms with Crippen LogP contribution in [0.5, 0.6) is 0 Å². The Morgan fingerprint density at radius 1 is 1.53 bits per heavy atom. The molecule has 0 amide bonds. The number of hydrogen-bond acceptors (Lipinski definition) is 5. The maximum atomic E-state index is 4.14. The minimum atomic E-state index is 0.723. The third-order valence-electron chi connectivity index (χ3n) is 3.85. The SMILES string of the molecule is CNCc1cn(CCN(C)CC2CCCN2C)nn1. The van der Waals surface area contributed by atoms with Gasteiger partial charge in [-0.1, -0.05) is 5.21 Å². The lowest BCUT2D eigenvalue weighted by Crippen LogP contribution is -2.37. The number of nitrogens with one attached hydrogen (secondary N) is 1. The molecule has 0 bridgehead atoms. The van der Waals surface area contributed by atoms with E-state index in [1.165, 1.54) is 19.4 Å². The average molecular weight is 266 g/mol. The summed E-state index contributed by atoms with van der Waals surface area (Å²) in [5.74, 6) is 0. The molecule has 19 heavy (non-hydrogen) atoms. The summed E-state index contributed by atoms with van der Waals surface area (Å²) in [4.78, 5) is 4.86. The van der Waals surface area contributed by atoms with Crippen LogP contribution in [0.2, 0.25) is 0 Å². The zero-order valence-electron chi connectivity index (χ0n) is 12.3. The highest BCUT2D eigenvalue weighted by molar-refractivity contribution is 4.91. The van der Waals surface area contributed by atoms with Crippen LogP contribution in [0, 0.1) is 0 Å². The van der Waals surface area contributed by atoms with Gasteiger partial charge >= 0.3 is 0 Å². The lowest BCUT2D eigenvalue weighted by Gasteiger charge is -2.25. The number of aromatic nitrogens is 3. The highest BCUT2D eigenvalue weighted by Crippen LogP contribution is 2.15. The standard InChI is InChI=1S/C13H26N6/c1-14-9-12-10-19(16-15-12)8-7-17(2)11-13-5-4-6-18(13)3/h10,13-14H,4-9,11H2,1-3H3. The van der Waals surface area contributed by atoms with E-state index in [-0.39, 0.29) is 0 Å². The zero-order valence-corrected chi connectivity index (χ0v) is 12.3. The molecule has 1 aliphatic rings. The lowest BCUT2D eigenvalue weighted by atomic mass is 10.2. The highest BCUT2D eigenvalue weighted by Gasteiger charge is 2.21. The van der Waals surface area contributed by atoms with Gasteiger partial charge < -0.3 is 15.1 Å². The summed E-state index contributed by atoms with van der Waals surface area (Å²) in [6.07, 6.45) is 4.69. The molecular weight excluding hydrogens is 240 g/mol. The van der Waals surface area contributed by atoms with E-state index >= 15 is 0 Å². The molecule has 1 N–H and O–H groups in total. The molecule has 2 heterocycles. The summed E-state index contributed by atoms with van der Waals surface area (Å²) in [5, 5.41) is 11.3. The first-order chi connectivity index (χ1) is 9.19. The van der Waals surface area contributed by atoms with E-state index in [4.69, 9.17) is 0 Å². The fourth-order valence-corrected chi connectivity index (χ4v) is 2.64. The number of likely N-dealkylation sites (tertiary alicyclic amines) is 1. The van der Waals surface area contributed by atoms with Crippen LogP contribution < -0.4 is 5.32 Å². The van der Waals surface area contributed by atoms with Crippen LogP contribution in [0.4, 0.5) is 0 Å². The molecule has 1 fully saturated rings. The maximum absolute atomic E-state index is 4.14. The van der Waals surface area contributed by atoms with Crippen LogP contribution in [0.3, 0.4) is 0 Å². The smallest absolute Gasteiger partial charge is 0.0964 e. The van der Waals surface area contributed by atoms with Crippen LogP contribution in [0.1, 0.15) is 18.5 Å².